The fourth-order valence-corrected chi connectivity index (χ4v) is 9.19. The lowest BCUT2D eigenvalue weighted by Gasteiger charge is -2.37. The van der Waals surface area contributed by atoms with E-state index in [1.54, 1.807) is 20.1 Å². The number of nitrogens with one attached hydrogen (secondary N) is 3. The molecule has 2 aliphatic heterocycles. The molecule has 0 radical (unpaired) electrons. The molecule has 2 heterocycles. The summed E-state index contributed by atoms with van der Waals surface area (Å²) in [5.41, 5.74) is 0.904. The Labute approximate surface area is 319 Å². The summed E-state index contributed by atoms with van der Waals surface area (Å²) in [4.78, 5) is 44.9. The van der Waals surface area contributed by atoms with Crippen molar-refractivity contribution in [2.45, 2.75) is 113 Å². The molecule has 6 unspecified atom stereocenters. The van der Waals surface area contributed by atoms with Gasteiger partial charge in [0.25, 0.3) is 5.91 Å². The molecule has 6 rings (SSSR count). The normalized spacial score (nSPS) is 30.0. The fourth-order valence-electron chi connectivity index (χ4n) is 7.88. The van der Waals surface area contributed by atoms with Crippen LogP contribution in [0.25, 0.3) is 11.1 Å². The maximum Gasteiger partial charge on any atom is 0.259 e. The number of rotatable bonds is 9. The molecule has 1 saturated heterocycles. The highest BCUT2D eigenvalue weighted by Gasteiger charge is 2.63. The van der Waals surface area contributed by atoms with E-state index in [-0.39, 0.29) is 25.3 Å². The quantitative estimate of drug-likeness (QED) is 0.313. The SMILES string of the molecule is C=CC1CC1(NC(=O)C1CC2(OC)CN1C(=O)C(C(C)(C)C)NC(OC)OCCCCCc1cc2ccc1-c1ccccc1)C(=O)NS(=O)(=O)C1(C)CC1. The Morgan fingerprint density at radius 1 is 1.06 bits per heavy atom. The Bertz CT molecular complexity index is 1860. The molecule has 54 heavy (non-hydrogen) atoms. The van der Waals surface area contributed by atoms with Crippen molar-refractivity contribution in [2.75, 3.05) is 27.4 Å². The number of amides is 3. The van der Waals surface area contributed by atoms with Gasteiger partial charge in [0.05, 0.1) is 23.9 Å². The zero-order valence-corrected chi connectivity index (χ0v) is 33.2. The van der Waals surface area contributed by atoms with Gasteiger partial charge in [-0.25, -0.2) is 8.42 Å². The number of fused-ring (bicyclic) bond motifs is 5. The van der Waals surface area contributed by atoms with Crippen molar-refractivity contribution in [1.82, 2.24) is 20.3 Å². The molecule has 3 fully saturated rings. The minimum absolute atomic E-state index is 0.0497. The molecular weight excluding hydrogens is 709 g/mol. The fraction of sp³-hybridized carbons (Fsp3) is 0.585. The van der Waals surface area contributed by atoms with Crippen molar-refractivity contribution in [3.8, 4) is 11.1 Å². The van der Waals surface area contributed by atoms with Gasteiger partial charge in [0.15, 0.2) is 0 Å². The molecular formula is C41H56N4O8S. The molecule has 294 valence electrons. The lowest BCUT2D eigenvalue weighted by atomic mass is 9.85. The minimum atomic E-state index is -3.97. The van der Waals surface area contributed by atoms with Gasteiger partial charge in [-0.15, -0.1) is 6.58 Å². The summed E-state index contributed by atoms with van der Waals surface area (Å²) in [7, 11) is -0.870. The zero-order chi connectivity index (χ0) is 39.1. The number of carbonyl (C=O) groups is 3. The van der Waals surface area contributed by atoms with Crippen LogP contribution in [-0.4, -0.2) is 87.2 Å². The van der Waals surface area contributed by atoms with Crippen molar-refractivity contribution in [2.24, 2.45) is 11.3 Å². The first-order chi connectivity index (χ1) is 25.5. The van der Waals surface area contributed by atoms with E-state index in [2.05, 4.69) is 46.2 Å². The Morgan fingerprint density at radius 3 is 2.39 bits per heavy atom. The predicted octanol–water partition coefficient (Wildman–Crippen LogP) is 4.53. The Balaban J connectivity index is 1.41. The van der Waals surface area contributed by atoms with Gasteiger partial charge in [0.2, 0.25) is 28.3 Å². The van der Waals surface area contributed by atoms with Gasteiger partial charge in [-0.2, -0.15) is 0 Å². The Hall–Kier alpha value is -3.62. The van der Waals surface area contributed by atoms with Crippen LogP contribution < -0.4 is 15.4 Å². The minimum Gasteiger partial charge on any atom is -0.372 e. The number of sulfonamides is 1. The van der Waals surface area contributed by atoms with Crippen molar-refractivity contribution >= 4 is 27.7 Å². The lowest BCUT2D eigenvalue weighted by molar-refractivity contribution is -0.165. The van der Waals surface area contributed by atoms with Gasteiger partial charge >= 0.3 is 0 Å². The predicted molar refractivity (Wildman–Crippen MR) is 205 cm³/mol. The number of aryl methyl sites for hydroxylation is 1. The van der Waals surface area contributed by atoms with Crippen LogP contribution in [0.3, 0.4) is 0 Å². The number of hydrogen-bond acceptors (Lipinski definition) is 9. The van der Waals surface area contributed by atoms with E-state index in [1.165, 1.54) is 12.0 Å². The summed E-state index contributed by atoms with van der Waals surface area (Å²) in [5, 5.41) is 6.19. The molecule has 3 N–H and O–H groups in total. The maximum atomic E-state index is 14.9. The first-order valence-electron chi connectivity index (χ1n) is 19.0. The summed E-state index contributed by atoms with van der Waals surface area (Å²) in [6.45, 7) is 11.7. The number of carbonyl (C=O) groups excluding carboxylic acids is 3. The van der Waals surface area contributed by atoms with Gasteiger partial charge in [-0.05, 0) is 73.1 Å². The molecule has 4 aliphatic rings. The van der Waals surface area contributed by atoms with E-state index in [9.17, 15) is 22.8 Å². The second-order valence-corrected chi connectivity index (χ2v) is 18.9. The largest absolute Gasteiger partial charge is 0.372 e. The number of hydrogen-bond donors (Lipinski definition) is 3. The van der Waals surface area contributed by atoms with Crippen molar-refractivity contribution < 1.29 is 37.0 Å². The van der Waals surface area contributed by atoms with E-state index < -0.39 is 67.6 Å². The van der Waals surface area contributed by atoms with Crippen molar-refractivity contribution in [1.29, 1.82) is 0 Å². The van der Waals surface area contributed by atoms with Crippen LogP contribution >= 0.6 is 0 Å². The van der Waals surface area contributed by atoms with Gasteiger partial charge < -0.3 is 24.4 Å². The second kappa shape index (κ2) is 15.1. The first kappa shape index (κ1) is 40.1. The highest BCUT2D eigenvalue weighted by atomic mass is 32.2. The molecule has 2 aromatic carbocycles. The summed E-state index contributed by atoms with van der Waals surface area (Å²) in [6.07, 6.45) is 5.28. The topological polar surface area (TPSA) is 152 Å². The highest BCUT2D eigenvalue weighted by Crippen LogP contribution is 2.48. The van der Waals surface area contributed by atoms with Crippen molar-refractivity contribution in [3.63, 3.8) is 0 Å². The molecule has 2 aromatic rings. The summed E-state index contributed by atoms with van der Waals surface area (Å²) in [5.74, 6) is -2.24. The van der Waals surface area contributed by atoms with Gasteiger partial charge in [0.1, 0.15) is 17.2 Å². The third-order valence-corrected chi connectivity index (χ3v) is 14.0. The van der Waals surface area contributed by atoms with E-state index in [1.807, 2.05) is 45.0 Å². The van der Waals surface area contributed by atoms with Gasteiger partial charge in [-0.1, -0.05) is 81.8 Å². The van der Waals surface area contributed by atoms with Crippen LogP contribution in [0.1, 0.15) is 83.8 Å². The van der Waals surface area contributed by atoms with Gasteiger partial charge in [-0.3, -0.25) is 24.4 Å². The first-order valence-corrected chi connectivity index (χ1v) is 20.5. The number of nitrogens with zero attached hydrogens (tertiary/aromatic N) is 1. The van der Waals surface area contributed by atoms with Crippen molar-refractivity contribution in [3.05, 3.63) is 72.3 Å². The van der Waals surface area contributed by atoms with Crippen LogP contribution in [0.2, 0.25) is 0 Å². The average Bonchev–Trinajstić information content (AvgIpc) is 4.03. The summed E-state index contributed by atoms with van der Waals surface area (Å²) < 4.78 is 45.6. The number of benzene rings is 2. The van der Waals surface area contributed by atoms with Crippen LogP contribution in [0, 0.1) is 11.3 Å². The lowest BCUT2D eigenvalue weighted by Crippen LogP contribution is -2.61. The van der Waals surface area contributed by atoms with Crippen LogP contribution in [0.5, 0.6) is 0 Å². The molecule has 2 saturated carbocycles. The smallest absolute Gasteiger partial charge is 0.259 e. The van der Waals surface area contributed by atoms with E-state index >= 15 is 0 Å². The summed E-state index contributed by atoms with van der Waals surface area (Å²) in [6, 6.07) is 14.5. The van der Waals surface area contributed by atoms with E-state index in [0.29, 0.717) is 19.4 Å². The monoisotopic (exact) mass is 764 g/mol. The molecule has 6 atom stereocenters. The molecule has 13 heteroatoms. The Morgan fingerprint density at radius 2 is 1.78 bits per heavy atom. The standard InChI is InChI=1S/C41H56N4O8S/c1-8-29-24-41(29,36(48)44-54(49,50)39(5)20-21-39)43-34(46)32-25-40(52-7)26-45(32)35(47)33(38(2,3)4)42-37(51-6)53-22-14-10-13-17-28-23-30(40)18-19-31(28)27-15-11-9-12-16-27/h8-9,11-12,15-16,18-19,23,29,32-33,37,42H,1,10,13-14,17,20-22,24-26H2,2-7H3,(H,43,46)(H,44,48). The number of methoxy groups -OCH3 is 2. The van der Waals surface area contributed by atoms with E-state index in [4.69, 9.17) is 14.2 Å². The second-order valence-electron chi connectivity index (χ2n) is 16.7. The molecule has 0 aromatic heterocycles. The molecule has 4 bridgehead atoms. The third-order valence-electron chi connectivity index (χ3n) is 11.9. The maximum absolute atomic E-state index is 14.9. The Kier molecular flexibility index (Phi) is 11.2. The van der Waals surface area contributed by atoms with E-state index in [0.717, 1.165) is 47.9 Å². The van der Waals surface area contributed by atoms with Crippen LogP contribution in [0.15, 0.2) is 61.2 Å². The van der Waals surface area contributed by atoms with Crippen LogP contribution in [-0.2, 0) is 50.6 Å². The summed E-state index contributed by atoms with van der Waals surface area (Å²) >= 11 is 0. The van der Waals surface area contributed by atoms with Crippen LogP contribution in [0.4, 0.5) is 0 Å². The molecule has 12 nitrogen and oxygen atoms in total. The third kappa shape index (κ3) is 7.75. The van der Waals surface area contributed by atoms with Gasteiger partial charge in [0, 0.05) is 26.6 Å². The molecule has 3 amide bonds. The highest BCUT2D eigenvalue weighted by molar-refractivity contribution is 7.91. The average molecular weight is 765 g/mol. The molecule has 2 aliphatic carbocycles. The zero-order valence-electron chi connectivity index (χ0n) is 32.4. The number of ether oxygens (including phenoxy) is 3. The molecule has 0 spiro atoms.